The minimum absolute atomic E-state index is 0.0167. The van der Waals surface area contributed by atoms with Gasteiger partial charge < -0.3 is 14.8 Å². The summed E-state index contributed by atoms with van der Waals surface area (Å²) in [5, 5.41) is 5.73. The van der Waals surface area contributed by atoms with Gasteiger partial charge in [0.25, 0.3) is 17.7 Å². The van der Waals surface area contributed by atoms with E-state index in [-0.39, 0.29) is 19.4 Å². The van der Waals surface area contributed by atoms with Gasteiger partial charge in [-0.2, -0.15) is 0 Å². The molecule has 1 saturated heterocycles. The number of hydrogen-bond acceptors (Lipinski definition) is 8. The molecule has 184 valence electrons. The van der Waals surface area contributed by atoms with Crippen molar-refractivity contribution in [3.63, 3.8) is 0 Å². The Morgan fingerprint density at radius 1 is 0.886 bits per heavy atom. The zero-order chi connectivity index (χ0) is 25.6. The first kappa shape index (κ1) is 25.2. The van der Waals surface area contributed by atoms with Crippen molar-refractivity contribution >= 4 is 41.3 Å². The number of amides is 4. The number of hydroxylamine groups is 2. The van der Waals surface area contributed by atoms with Gasteiger partial charge in [-0.25, -0.2) is 9.59 Å². The van der Waals surface area contributed by atoms with E-state index < -0.39 is 35.6 Å². The smallest absolute Gasteiger partial charge is 0.444 e. The number of imide groups is 1. The van der Waals surface area contributed by atoms with Gasteiger partial charge >= 0.3 is 12.2 Å². The van der Waals surface area contributed by atoms with Crippen LogP contribution in [-0.4, -0.2) is 40.6 Å². The number of para-hydroxylation sites is 2. The number of ether oxygens (including phenoxy) is 2. The molecule has 3 rings (SSSR count). The maximum atomic E-state index is 12.7. The summed E-state index contributed by atoms with van der Waals surface area (Å²) in [7, 11) is 0. The minimum Gasteiger partial charge on any atom is -0.444 e. The van der Waals surface area contributed by atoms with E-state index in [4.69, 9.17) is 9.47 Å². The minimum atomic E-state index is -1.19. The van der Waals surface area contributed by atoms with Crippen molar-refractivity contribution in [2.75, 3.05) is 10.6 Å². The average molecular weight is 483 g/mol. The lowest BCUT2D eigenvalue weighted by molar-refractivity contribution is -0.177. The summed E-state index contributed by atoms with van der Waals surface area (Å²) in [6, 6.07) is 12.9. The Bertz CT molecular complexity index is 1120. The molecule has 2 aromatic rings. The lowest BCUT2D eigenvalue weighted by Crippen LogP contribution is -2.32. The lowest BCUT2D eigenvalue weighted by Gasteiger charge is -2.20. The fourth-order valence-corrected chi connectivity index (χ4v) is 2.96. The fraction of sp³-hybridized carbons (Fsp3) is 0.292. The van der Waals surface area contributed by atoms with E-state index in [2.05, 4.69) is 15.5 Å². The molecule has 11 heteroatoms. The summed E-state index contributed by atoms with van der Waals surface area (Å²) in [4.78, 5) is 64.0. The molecule has 1 heterocycles. The maximum absolute atomic E-state index is 12.7. The molecule has 0 bridgehead atoms. The highest BCUT2D eigenvalue weighted by Crippen LogP contribution is 2.23. The standard InChI is InChI=1S/C24H25N3O8/c1-24(2,3)34-22(31)26-18-7-5-4-6-17(18)25-21(30)16-10-8-15(9-11-16)14-33-23(32)35-27-19(28)12-13-20(27)29/h4-11H,12-14H2,1-3H3,(H,25,30)(H,26,31). The maximum Gasteiger partial charge on any atom is 0.534 e. The van der Waals surface area contributed by atoms with Crippen molar-refractivity contribution in [1.82, 2.24) is 5.06 Å². The Morgan fingerprint density at radius 2 is 1.46 bits per heavy atom. The number of carbonyl (C=O) groups is 5. The van der Waals surface area contributed by atoms with Crippen LogP contribution in [0.15, 0.2) is 48.5 Å². The van der Waals surface area contributed by atoms with Crippen LogP contribution in [0.3, 0.4) is 0 Å². The molecule has 0 aliphatic carbocycles. The molecule has 11 nitrogen and oxygen atoms in total. The Kier molecular flexibility index (Phi) is 7.69. The quantitative estimate of drug-likeness (QED) is 0.464. The molecule has 0 aromatic heterocycles. The van der Waals surface area contributed by atoms with Gasteiger partial charge in [0.15, 0.2) is 0 Å². The van der Waals surface area contributed by atoms with Crippen molar-refractivity contribution < 1.29 is 38.3 Å². The first-order valence-electron chi connectivity index (χ1n) is 10.7. The third-order valence-electron chi connectivity index (χ3n) is 4.56. The molecule has 2 aromatic carbocycles. The van der Waals surface area contributed by atoms with Gasteiger partial charge in [-0.3, -0.25) is 24.5 Å². The topological polar surface area (TPSA) is 140 Å². The number of carbonyl (C=O) groups excluding carboxylic acids is 5. The first-order chi connectivity index (χ1) is 16.5. The molecule has 4 amide bonds. The molecule has 0 atom stereocenters. The van der Waals surface area contributed by atoms with E-state index >= 15 is 0 Å². The van der Waals surface area contributed by atoms with Gasteiger partial charge in [0, 0.05) is 18.4 Å². The van der Waals surface area contributed by atoms with Crippen molar-refractivity contribution in [2.24, 2.45) is 0 Å². The Morgan fingerprint density at radius 3 is 2.03 bits per heavy atom. The Hall–Kier alpha value is -4.41. The van der Waals surface area contributed by atoms with Crippen LogP contribution in [0.2, 0.25) is 0 Å². The molecule has 1 fully saturated rings. The van der Waals surface area contributed by atoms with Crippen LogP contribution in [0.5, 0.6) is 0 Å². The van der Waals surface area contributed by atoms with Crippen molar-refractivity contribution in [3.8, 4) is 0 Å². The van der Waals surface area contributed by atoms with E-state index in [1.807, 2.05) is 0 Å². The molecular weight excluding hydrogens is 458 g/mol. The van der Waals surface area contributed by atoms with Crippen LogP contribution in [0.4, 0.5) is 21.0 Å². The van der Waals surface area contributed by atoms with E-state index in [0.717, 1.165) is 0 Å². The average Bonchev–Trinajstić information content (AvgIpc) is 3.10. The highest BCUT2D eigenvalue weighted by Gasteiger charge is 2.33. The molecule has 2 N–H and O–H groups in total. The number of hydrogen-bond donors (Lipinski definition) is 2. The lowest BCUT2D eigenvalue weighted by atomic mass is 10.1. The fourth-order valence-electron chi connectivity index (χ4n) is 2.96. The van der Waals surface area contributed by atoms with Crippen LogP contribution in [0.25, 0.3) is 0 Å². The van der Waals surface area contributed by atoms with Gasteiger partial charge in [-0.05, 0) is 50.6 Å². The number of nitrogens with zero attached hydrogens (tertiary/aromatic N) is 1. The van der Waals surface area contributed by atoms with Crippen molar-refractivity contribution in [3.05, 3.63) is 59.7 Å². The van der Waals surface area contributed by atoms with E-state index in [0.29, 0.717) is 27.6 Å². The highest BCUT2D eigenvalue weighted by atomic mass is 16.8. The number of nitrogens with one attached hydrogen (secondary N) is 2. The largest absolute Gasteiger partial charge is 0.534 e. The SMILES string of the molecule is CC(C)(C)OC(=O)Nc1ccccc1NC(=O)c1ccc(COC(=O)ON2C(=O)CCC2=O)cc1. The van der Waals surface area contributed by atoms with Crippen LogP contribution >= 0.6 is 0 Å². The van der Waals surface area contributed by atoms with Gasteiger partial charge in [0.2, 0.25) is 0 Å². The molecule has 0 saturated carbocycles. The Labute approximate surface area is 201 Å². The molecule has 35 heavy (non-hydrogen) atoms. The zero-order valence-electron chi connectivity index (χ0n) is 19.5. The van der Waals surface area contributed by atoms with E-state index in [1.54, 1.807) is 57.2 Å². The summed E-state index contributed by atoms with van der Waals surface area (Å²) >= 11 is 0. The van der Waals surface area contributed by atoms with E-state index in [9.17, 15) is 24.0 Å². The zero-order valence-corrected chi connectivity index (χ0v) is 19.5. The third-order valence-corrected chi connectivity index (χ3v) is 4.56. The second kappa shape index (κ2) is 10.7. The number of anilines is 2. The normalized spacial score (nSPS) is 13.3. The molecule has 0 spiro atoms. The predicted molar refractivity (Wildman–Crippen MR) is 123 cm³/mol. The Balaban J connectivity index is 1.55. The molecular formula is C24H25N3O8. The summed E-state index contributed by atoms with van der Waals surface area (Å²) < 4.78 is 10.2. The van der Waals surface area contributed by atoms with Crippen molar-refractivity contribution in [2.45, 2.75) is 45.8 Å². The molecule has 1 aliphatic heterocycles. The highest BCUT2D eigenvalue weighted by molar-refractivity contribution is 6.07. The monoisotopic (exact) mass is 483 g/mol. The second-order valence-corrected chi connectivity index (χ2v) is 8.54. The summed E-state index contributed by atoms with van der Waals surface area (Å²) in [6.07, 6.45) is -1.88. The first-order valence-corrected chi connectivity index (χ1v) is 10.7. The number of rotatable bonds is 6. The van der Waals surface area contributed by atoms with Gasteiger partial charge in [-0.15, -0.1) is 0 Å². The second-order valence-electron chi connectivity index (χ2n) is 8.54. The molecule has 0 unspecified atom stereocenters. The van der Waals surface area contributed by atoms with Crippen LogP contribution in [0.1, 0.15) is 49.5 Å². The van der Waals surface area contributed by atoms with Crippen LogP contribution < -0.4 is 10.6 Å². The van der Waals surface area contributed by atoms with Gasteiger partial charge in [0.05, 0.1) is 11.4 Å². The van der Waals surface area contributed by atoms with E-state index in [1.165, 1.54) is 12.1 Å². The summed E-state index contributed by atoms with van der Waals surface area (Å²) in [5.41, 5.74) is 0.937. The number of benzene rings is 2. The molecule has 1 aliphatic rings. The third kappa shape index (κ3) is 7.29. The van der Waals surface area contributed by atoms with Crippen LogP contribution in [0, 0.1) is 0 Å². The van der Waals surface area contributed by atoms with Crippen LogP contribution in [-0.2, 0) is 30.5 Å². The summed E-state index contributed by atoms with van der Waals surface area (Å²) in [5.74, 6) is -1.64. The van der Waals surface area contributed by atoms with Gasteiger partial charge in [0.1, 0.15) is 12.2 Å². The summed E-state index contributed by atoms with van der Waals surface area (Å²) in [6.45, 7) is 5.04. The van der Waals surface area contributed by atoms with Gasteiger partial charge in [-0.1, -0.05) is 29.3 Å². The molecule has 0 radical (unpaired) electrons. The predicted octanol–water partition coefficient (Wildman–Crippen LogP) is 4.00. The van der Waals surface area contributed by atoms with Crippen molar-refractivity contribution in [1.29, 1.82) is 0 Å².